The molecule has 0 bridgehead atoms. The first-order valence-electron chi connectivity index (χ1n) is 13.2. The van der Waals surface area contributed by atoms with Gasteiger partial charge in [-0.25, -0.2) is 0 Å². The minimum Gasteiger partial charge on any atom is -0.456 e. The van der Waals surface area contributed by atoms with Crippen molar-refractivity contribution in [2.75, 3.05) is 0 Å². The number of aromatic nitrogens is 1. The van der Waals surface area contributed by atoms with Gasteiger partial charge in [0.25, 0.3) is 0 Å². The van der Waals surface area contributed by atoms with Crippen LogP contribution in [0.2, 0.25) is 0 Å². The Morgan fingerprint density at radius 2 is 1.26 bits per heavy atom. The zero-order valence-electron chi connectivity index (χ0n) is 21.5. The van der Waals surface area contributed by atoms with Gasteiger partial charge in [0.1, 0.15) is 11.3 Å². The van der Waals surface area contributed by atoms with E-state index in [1.54, 1.807) is 0 Å². The molecule has 0 saturated heterocycles. The molecule has 0 spiro atoms. The van der Waals surface area contributed by atoms with Gasteiger partial charge < -0.3 is 4.42 Å². The average Bonchev–Trinajstić information content (AvgIpc) is 3.41. The van der Waals surface area contributed by atoms with Crippen LogP contribution in [0, 0.1) is 0 Å². The number of fused-ring (bicyclic) bond motifs is 4. The van der Waals surface area contributed by atoms with Crippen LogP contribution in [0.25, 0.3) is 66.2 Å². The summed E-state index contributed by atoms with van der Waals surface area (Å²) in [5.41, 5.74) is 7.63. The van der Waals surface area contributed by atoms with Gasteiger partial charge in [-0.2, -0.15) is 0 Å². The number of furan rings is 1. The summed E-state index contributed by atoms with van der Waals surface area (Å²) < 4.78 is 6.47. The Kier molecular flexibility index (Phi) is 5.33. The fraction of sp³-hybridized carbons (Fsp3) is 0.0833. The van der Waals surface area contributed by atoms with Crippen LogP contribution < -0.4 is 0 Å². The first-order chi connectivity index (χ1) is 18.7. The van der Waals surface area contributed by atoms with E-state index in [4.69, 9.17) is 9.40 Å². The zero-order chi connectivity index (χ0) is 25.6. The van der Waals surface area contributed by atoms with Crippen molar-refractivity contribution in [2.24, 2.45) is 0 Å². The summed E-state index contributed by atoms with van der Waals surface area (Å²) in [5, 5.41) is 6.05. The lowest BCUT2D eigenvalue weighted by molar-refractivity contribution is 0.632. The number of hydrogen-bond donors (Lipinski definition) is 0. The highest BCUT2D eigenvalue weighted by Crippen LogP contribution is 2.40. The lowest BCUT2D eigenvalue weighted by atomic mass is 9.91. The van der Waals surface area contributed by atoms with E-state index < -0.39 is 0 Å². The quantitative estimate of drug-likeness (QED) is 0.230. The topological polar surface area (TPSA) is 26.0 Å². The van der Waals surface area contributed by atoms with Crippen LogP contribution in [-0.2, 0) is 0 Å². The molecule has 0 atom stereocenters. The minimum absolute atomic E-state index is 0.464. The summed E-state index contributed by atoms with van der Waals surface area (Å²) >= 11 is 0. The van der Waals surface area contributed by atoms with Crippen LogP contribution >= 0.6 is 0 Å². The van der Waals surface area contributed by atoms with Crippen LogP contribution in [0.3, 0.4) is 0 Å². The number of nitrogens with zero attached hydrogens (tertiary/aromatic N) is 1. The molecule has 2 nitrogen and oxygen atoms in total. The maximum Gasteiger partial charge on any atom is 0.136 e. The molecule has 0 amide bonds. The lowest BCUT2D eigenvalue weighted by Gasteiger charge is -2.14. The smallest absolute Gasteiger partial charge is 0.136 e. The average molecular weight is 490 g/mol. The number of hydrogen-bond acceptors (Lipinski definition) is 2. The van der Waals surface area contributed by atoms with E-state index in [-0.39, 0.29) is 0 Å². The second-order valence-corrected chi connectivity index (χ2v) is 10.2. The first kappa shape index (κ1) is 22.5. The predicted octanol–water partition coefficient (Wildman–Crippen LogP) is 10.3. The lowest BCUT2D eigenvalue weighted by Crippen LogP contribution is -1.92. The van der Waals surface area contributed by atoms with Crippen LogP contribution in [0.5, 0.6) is 0 Å². The fourth-order valence-corrected chi connectivity index (χ4v) is 5.66. The largest absolute Gasteiger partial charge is 0.456 e. The summed E-state index contributed by atoms with van der Waals surface area (Å²) in [4.78, 5) is 4.91. The molecule has 0 radical (unpaired) electrons. The van der Waals surface area contributed by atoms with Crippen molar-refractivity contribution < 1.29 is 4.42 Å². The van der Waals surface area contributed by atoms with Crippen molar-refractivity contribution in [2.45, 2.75) is 19.8 Å². The van der Waals surface area contributed by atoms with E-state index in [0.29, 0.717) is 5.92 Å². The third-order valence-electron chi connectivity index (χ3n) is 7.51. The molecule has 0 fully saturated rings. The van der Waals surface area contributed by atoms with E-state index in [1.807, 2.05) is 24.4 Å². The van der Waals surface area contributed by atoms with Gasteiger partial charge in [-0.1, -0.05) is 105 Å². The van der Waals surface area contributed by atoms with Gasteiger partial charge >= 0.3 is 0 Å². The van der Waals surface area contributed by atoms with Gasteiger partial charge in [0.05, 0.1) is 5.69 Å². The summed E-state index contributed by atoms with van der Waals surface area (Å²) in [5.74, 6) is 1.33. The van der Waals surface area contributed by atoms with E-state index in [2.05, 4.69) is 111 Å². The molecule has 0 N–H and O–H groups in total. The van der Waals surface area contributed by atoms with E-state index >= 15 is 0 Å². The Morgan fingerprint density at radius 1 is 0.553 bits per heavy atom. The van der Waals surface area contributed by atoms with Gasteiger partial charge in [0.2, 0.25) is 0 Å². The third kappa shape index (κ3) is 3.69. The van der Waals surface area contributed by atoms with Gasteiger partial charge in [0, 0.05) is 28.1 Å². The molecule has 0 aliphatic rings. The number of pyridine rings is 1. The van der Waals surface area contributed by atoms with Crippen molar-refractivity contribution in [3.05, 3.63) is 127 Å². The zero-order valence-corrected chi connectivity index (χ0v) is 21.5. The molecule has 7 rings (SSSR count). The maximum absolute atomic E-state index is 6.47. The number of rotatable bonds is 4. The van der Waals surface area contributed by atoms with Crippen molar-refractivity contribution >= 4 is 32.5 Å². The molecule has 182 valence electrons. The summed E-state index contributed by atoms with van der Waals surface area (Å²) in [7, 11) is 0. The Morgan fingerprint density at radius 3 is 2.03 bits per heavy atom. The van der Waals surface area contributed by atoms with Gasteiger partial charge in [-0.05, 0) is 63.0 Å². The molecule has 38 heavy (non-hydrogen) atoms. The third-order valence-corrected chi connectivity index (χ3v) is 7.51. The molecule has 2 heteroatoms. The predicted molar refractivity (Wildman–Crippen MR) is 159 cm³/mol. The van der Waals surface area contributed by atoms with E-state index in [0.717, 1.165) is 50.1 Å². The molecular weight excluding hydrogens is 462 g/mol. The second-order valence-electron chi connectivity index (χ2n) is 10.2. The summed E-state index contributed by atoms with van der Waals surface area (Å²) in [6.45, 7) is 4.51. The molecule has 0 unspecified atom stereocenters. The molecule has 7 aromatic rings. The van der Waals surface area contributed by atoms with Gasteiger partial charge in [-0.15, -0.1) is 0 Å². The second kappa shape index (κ2) is 9.00. The molecule has 5 aromatic carbocycles. The Hall–Kier alpha value is -4.69. The summed E-state index contributed by atoms with van der Waals surface area (Å²) in [6, 6.07) is 40.7. The van der Waals surface area contributed by atoms with Crippen LogP contribution in [0.1, 0.15) is 25.3 Å². The van der Waals surface area contributed by atoms with Crippen molar-refractivity contribution in [3.8, 4) is 33.7 Å². The normalized spacial score (nSPS) is 11.7. The minimum atomic E-state index is 0.464. The van der Waals surface area contributed by atoms with E-state index in [1.165, 1.54) is 21.7 Å². The van der Waals surface area contributed by atoms with Crippen molar-refractivity contribution in [3.63, 3.8) is 0 Å². The molecule has 2 aromatic heterocycles. The van der Waals surface area contributed by atoms with Gasteiger partial charge in [-0.3, -0.25) is 4.98 Å². The Balaban J connectivity index is 1.50. The highest BCUT2D eigenvalue weighted by atomic mass is 16.3. The molecule has 0 saturated carbocycles. The van der Waals surface area contributed by atoms with Crippen LogP contribution in [-0.4, -0.2) is 4.98 Å². The van der Waals surface area contributed by atoms with E-state index in [9.17, 15) is 0 Å². The summed E-state index contributed by atoms with van der Waals surface area (Å²) in [6.07, 6.45) is 1.93. The highest BCUT2D eigenvalue weighted by molar-refractivity contribution is 6.13. The van der Waals surface area contributed by atoms with Crippen LogP contribution in [0.15, 0.2) is 126 Å². The molecule has 0 aliphatic carbocycles. The van der Waals surface area contributed by atoms with Gasteiger partial charge in [0.15, 0.2) is 0 Å². The Bertz CT molecular complexity index is 1930. The molecular formula is C36H27NO. The van der Waals surface area contributed by atoms with Crippen molar-refractivity contribution in [1.82, 2.24) is 4.98 Å². The highest BCUT2D eigenvalue weighted by Gasteiger charge is 2.17. The maximum atomic E-state index is 6.47. The molecule has 0 aliphatic heterocycles. The van der Waals surface area contributed by atoms with Crippen molar-refractivity contribution in [1.29, 1.82) is 0 Å². The first-order valence-corrected chi connectivity index (χ1v) is 13.2. The Labute approximate surface area is 222 Å². The monoisotopic (exact) mass is 489 g/mol. The van der Waals surface area contributed by atoms with Crippen LogP contribution in [0.4, 0.5) is 0 Å². The number of benzene rings is 5. The fourth-order valence-electron chi connectivity index (χ4n) is 5.66. The SMILES string of the molecule is CC(C)c1cccc2c1ccc1c(-c3cc(-c4ccccc4)c4cc(-c5ccccc5)oc4c3)nccc12. The molecule has 2 heterocycles. The standard InChI is InChI=1S/C36H27NO/c1-23(2)27-14-9-15-28-29(27)16-17-31-30(28)18-19-37-36(31)26-20-32(24-10-5-3-6-11-24)33-22-34(38-35(33)21-26)25-12-7-4-8-13-25/h3-23H,1-2H3.